The minimum absolute atomic E-state index is 0.00379. The van der Waals surface area contributed by atoms with Crippen molar-refractivity contribution in [3.8, 4) is 0 Å². The van der Waals surface area contributed by atoms with Gasteiger partial charge in [-0.15, -0.1) is 0 Å². The molecule has 23 heavy (non-hydrogen) atoms. The summed E-state index contributed by atoms with van der Waals surface area (Å²) in [7, 11) is 0. The highest BCUT2D eigenvalue weighted by Crippen LogP contribution is 2.17. The average Bonchev–Trinajstić information content (AvgIpc) is 2.85. The predicted octanol–water partition coefficient (Wildman–Crippen LogP) is 3.25. The van der Waals surface area contributed by atoms with Gasteiger partial charge in [0.05, 0.1) is 23.6 Å². The first-order valence-corrected chi connectivity index (χ1v) is 7.87. The molecule has 2 aromatic rings. The summed E-state index contributed by atoms with van der Waals surface area (Å²) in [5.41, 5.74) is 0.459. The van der Waals surface area contributed by atoms with E-state index < -0.39 is 11.7 Å². The Bertz CT molecular complexity index is 667. The highest BCUT2D eigenvalue weighted by Gasteiger charge is 2.14. The molecule has 0 radical (unpaired) electrons. The monoisotopic (exact) mass is 314 g/mol. The van der Waals surface area contributed by atoms with Gasteiger partial charge in [-0.25, -0.2) is 14.4 Å². The Morgan fingerprint density at radius 2 is 1.70 bits per heavy atom. The maximum atomic E-state index is 13.6. The second kappa shape index (κ2) is 7.17. The minimum Gasteiger partial charge on any atom is -0.341 e. The molecule has 0 unspecified atom stereocenters. The summed E-state index contributed by atoms with van der Waals surface area (Å²) in [6.45, 7) is 1.92. The number of rotatable bonds is 3. The Morgan fingerprint density at radius 3 is 2.35 bits per heavy atom. The zero-order valence-electron chi connectivity index (χ0n) is 12.8. The van der Waals surface area contributed by atoms with E-state index in [0.29, 0.717) is 11.6 Å². The van der Waals surface area contributed by atoms with Crippen LogP contribution >= 0.6 is 0 Å². The van der Waals surface area contributed by atoms with Crippen LogP contribution in [0.1, 0.15) is 36.0 Å². The van der Waals surface area contributed by atoms with E-state index in [9.17, 15) is 9.18 Å². The van der Waals surface area contributed by atoms with Crippen molar-refractivity contribution < 1.29 is 9.18 Å². The summed E-state index contributed by atoms with van der Waals surface area (Å²) in [5, 5.41) is 2.62. The number of nitrogens with zero attached hydrogens (tertiary/aromatic N) is 3. The van der Waals surface area contributed by atoms with Gasteiger partial charge in [0.15, 0.2) is 0 Å². The number of carbonyl (C=O) groups excluding carboxylic acids is 1. The van der Waals surface area contributed by atoms with Gasteiger partial charge in [0, 0.05) is 13.1 Å². The average molecular weight is 314 g/mol. The van der Waals surface area contributed by atoms with Crippen molar-refractivity contribution >= 4 is 17.5 Å². The van der Waals surface area contributed by atoms with E-state index in [0.717, 1.165) is 25.9 Å². The number of nitrogens with one attached hydrogen (secondary N) is 1. The van der Waals surface area contributed by atoms with Crippen molar-refractivity contribution in [2.75, 3.05) is 23.3 Å². The second-order valence-corrected chi connectivity index (χ2v) is 5.61. The van der Waals surface area contributed by atoms with E-state index >= 15 is 0 Å². The van der Waals surface area contributed by atoms with Crippen molar-refractivity contribution in [1.29, 1.82) is 0 Å². The molecule has 1 fully saturated rings. The SMILES string of the molecule is O=C(Nc1cnc(N2CCCCCC2)nc1)c1ccccc1F. The van der Waals surface area contributed by atoms with Crippen LogP contribution in [0.2, 0.25) is 0 Å². The molecular formula is C17H19FN4O. The second-order valence-electron chi connectivity index (χ2n) is 5.61. The third kappa shape index (κ3) is 3.83. The minimum atomic E-state index is -0.549. The molecular weight excluding hydrogens is 295 g/mol. The van der Waals surface area contributed by atoms with Gasteiger partial charge in [-0.3, -0.25) is 4.79 Å². The normalized spacial score (nSPS) is 15.1. The molecule has 2 heterocycles. The molecule has 6 heteroatoms. The quantitative estimate of drug-likeness (QED) is 0.945. The third-order valence-electron chi connectivity index (χ3n) is 3.90. The van der Waals surface area contributed by atoms with Crippen molar-refractivity contribution in [2.24, 2.45) is 0 Å². The van der Waals surface area contributed by atoms with Crippen LogP contribution < -0.4 is 10.2 Å². The number of hydrogen-bond acceptors (Lipinski definition) is 4. The molecule has 5 nitrogen and oxygen atoms in total. The lowest BCUT2D eigenvalue weighted by Gasteiger charge is -2.19. The number of carbonyl (C=O) groups is 1. The molecule has 1 aromatic heterocycles. The fourth-order valence-corrected chi connectivity index (χ4v) is 2.66. The summed E-state index contributed by atoms with van der Waals surface area (Å²) in [6.07, 6.45) is 7.91. The highest BCUT2D eigenvalue weighted by molar-refractivity contribution is 6.04. The van der Waals surface area contributed by atoms with Crippen LogP contribution in [0.15, 0.2) is 36.7 Å². The lowest BCUT2D eigenvalue weighted by atomic mass is 10.2. The number of amides is 1. The zero-order valence-corrected chi connectivity index (χ0v) is 12.8. The van der Waals surface area contributed by atoms with Gasteiger partial charge >= 0.3 is 0 Å². The summed E-state index contributed by atoms with van der Waals surface area (Å²) >= 11 is 0. The molecule has 0 saturated carbocycles. The van der Waals surface area contributed by atoms with Crippen LogP contribution in [0.5, 0.6) is 0 Å². The molecule has 3 rings (SSSR count). The van der Waals surface area contributed by atoms with E-state index in [4.69, 9.17) is 0 Å². The van der Waals surface area contributed by atoms with Crippen molar-refractivity contribution in [3.63, 3.8) is 0 Å². The Hall–Kier alpha value is -2.50. The smallest absolute Gasteiger partial charge is 0.258 e. The summed E-state index contributed by atoms with van der Waals surface area (Å²) < 4.78 is 13.6. The van der Waals surface area contributed by atoms with Gasteiger partial charge in [0.25, 0.3) is 5.91 Å². The summed E-state index contributed by atoms with van der Waals surface area (Å²) in [5.74, 6) is -0.378. The maximum absolute atomic E-state index is 13.6. The van der Waals surface area contributed by atoms with Crippen molar-refractivity contribution in [2.45, 2.75) is 25.7 Å². The van der Waals surface area contributed by atoms with Gasteiger partial charge in [0.1, 0.15) is 5.82 Å². The van der Waals surface area contributed by atoms with Crippen molar-refractivity contribution in [3.05, 3.63) is 48.0 Å². The molecule has 1 aliphatic heterocycles. The Kier molecular flexibility index (Phi) is 4.80. The number of halogens is 1. The van der Waals surface area contributed by atoms with Crippen LogP contribution in [-0.2, 0) is 0 Å². The molecule has 1 aromatic carbocycles. The molecule has 0 spiro atoms. The van der Waals surface area contributed by atoms with Crippen molar-refractivity contribution in [1.82, 2.24) is 9.97 Å². The lowest BCUT2D eigenvalue weighted by Crippen LogP contribution is -2.26. The number of anilines is 2. The van der Waals surface area contributed by atoms with Gasteiger partial charge in [-0.2, -0.15) is 0 Å². The molecule has 1 amide bonds. The fraction of sp³-hybridized carbons (Fsp3) is 0.353. The highest BCUT2D eigenvalue weighted by atomic mass is 19.1. The maximum Gasteiger partial charge on any atom is 0.258 e. The van der Waals surface area contributed by atoms with Crippen LogP contribution in [0.3, 0.4) is 0 Å². The van der Waals surface area contributed by atoms with E-state index in [1.165, 1.54) is 25.0 Å². The van der Waals surface area contributed by atoms with Gasteiger partial charge < -0.3 is 10.2 Å². The number of hydrogen-bond donors (Lipinski definition) is 1. The Morgan fingerprint density at radius 1 is 1.04 bits per heavy atom. The molecule has 0 atom stereocenters. The topological polar surface area (TPSA) is 58.1 Å². The first-order valence-electron chi connectivity index (χ1n) is 7.87. The van der Waals surface area contributed by atoms with E-state index in [1.807, 2.05) is 0 Å². The number of aromatic nitrogens is 2. The van der Waals surface area contributed by atoms with Crippen LogP contribution in [0.25, 0.3) is 0 Å². The Balaban J connectivity index is 1.67. The van der Waals surface area contributed by atoms with Crippen LogP contribution in [0, 0.1) is 5.82 Å². The van der Waals surface area contributed by atoms with E-state index in [-0.39, 0.29) is 5.56 Å². The first kappa shape index (κ1) is 15.4. The lowest BCUT2D eigenvalue weighted by molar-refractivity contribution is 0.102. The van der Waals surface area contributed by atoms with Gasteiger partial charge in [-0.1, -0.05) is 25.0 Å². The van der Waals surface area contributed by atoms with E-state index in [2.05, 4.69) is 20.2 Å². The third-order valence-corrected chi connectivity index (χ3v) is 3.90. The molecule has 120 valence electrons. The van der Waals surface area contributed by atoms with Gasteiger partial charge in [0.2, 0.25) is 5.95 Å². The molecule has 0 aliphatic carbocycles. The molecule has 1 saturated heterocycles. The molecule has 1 N–H and O–H groups in total. The molecule has 0 bridgehead atoms. The van der Waals surface area contributed by atoms with Gasteiger partial charge in [-0.05, 0) is 25.0 Å². The van der Waals surface area contributed by atoms with Crippen LogP contribution in [-0.4, -0.2) is 29.0 Å². The predicted molar refractivity (Wildman–Crippen MR) is 87.1 cm³/mol. The zero-order chi connectivity index (χ0) is 16.1. The fourth-order valence-electron chi connectivity index (χ4n) is 2.66. The van der Waals surface area contributed by atoms with Crippen LogP contribution in [0.4, 0.5) is 16.0 Å². The summed E-state index contributed by atoms with van der Waals surface area (Å²) in [4.78, 5) is 22.9. The standard InChI is InChI=1S/C17H19FN4O/c18-15-8-4-3-7-14(15)16(23)21-13-11-19-17(20-12-13)22-9-5-1-2-6-10-22/h3-4,7-8,11-12H,1-2,5-6,9-10H2,(H,21,23). The molecule has 1 aliphatic rings. The largest absolute Gasteiger partial charge is 0.341 e. The number of benzene rings is 1. The summed E-state index contributed by atoms with van der Waals surface area (Å²) in [6, 6.07) is 5.87. The first-order chi connectivity index (χ1) is 11.2. The Labute approximate surface area is 134 Å². The van der Waals surface area contributed by atoms with E-state index in [1.54, 1.807) is 24.5 Å².